The van der Waals surface area contributed by atoms with Crippen molar-refractivity contribution >= 4 is 11.6 Å². The van der Waals surface area contributed by atoms with Gasteiger partial charge < -0.3 is 5.32 Å². The number of carbonyl (C=O) groups is 1. The van der Waals surface area contributed by atoms with Crippen LogP contribution in [0.4, 0.5) is 5.69 Å². The van der Waals surface area contributed by atoms with Crippen LogP contribution in [0.5, 0.6) is 0 Å². The highest BCUT2D eigenvalue weighted by molar-refractivity contribution is 6.04. The van der Waals surface area contributed by atoms with E-state index in [0.29, 0.717) is 22.6 Å². The van der Waals surface area contributed by atoms with Gasteiger partial charge in [-0.2, -0.15) is 5.10 Å². The zero-order valence-corrected chi connectivity index (χ0v) is 13.4. The van der Waals surface area contributed by atoms with Gasteiger partial charge in [-0.25, -0.2) is 4.79 Å². The van der Waals surface area contributed by atoms with Gasteiger partial charge in [-0.05, 0) is 29.8 Å². The Morgan fingerprint density at radius 1 is 1.04 bits per heavy atom. The molecule has 128 valence electrons. The molecule has 0 atom stereocenters. The molecule has 26 heavy (non-hydrogen) atoms. The molecule has 0 saturated carbocycles. The summed E-state index contributed by atoms with van der Waals surface area (Å²) in [6.45, 7) is 0. The second-order valence-corrected chi connectivity index (χ2v) is 5.54. The Hall–Kier alpha value is -3.94. The van der Waals surface area contributed by atoms with Crippen LogP contribution in [0.3, 0.4) is 0 Å². The van der Waals surface area contributed by atoms with Gasteiger partial charge in [-0.3, -0.25) is 19.4 Å². The number of nitrogens with zero attached hydrogens (tertiary/aromatic N) is 2. The topological polar surface area (TPSA) is 117 Å². The van der Waals surface area contributed by atoms with Gasteiger partial charge in [0.1, 0.15) is 0 Å². The van der Waals surface area contributed by atoms with Crippen molar-refractivity contribution in [1.29, 1.82) is 0 Å². The van der Waals surface area contributed by atoms with Crippen LogP contribution in [0, 0.1) is 0 Å². The first-order chi connectivity index (χ1) is 12.7. The molecule has 1 amide bonds. The third-order valence-electron chi connectivity index (χ3n) is 3.81. The van der Waals surface area contributed by atoms with Crippen molar-refractivity contribution in [2.75, 3.05) is 5.32 Å². The number of aromatic nitrogens is 4. The van der Waals surface area contributed by atoms with Crippen molar-refractivity contribution in [3.63, 3.8) is 0 Å². The summed E-state index contributed by atoms with van der Waals surface area (Å²) in [5.41, 5.74) is 3.65. The Kier molecular flexibility index (Phi) is 3.91. The first-order valence-corrected chi connectivity index (χ1v) is 7.76. The zero-order chi connectivity index (χ0) is 17.9. The fraction of sp³-hybridized carbons (Fsp3) is 0. The maximum absolute atomic E-state index is 12.4. The Bertz CT molecular complexity index is 1090. The molecular formula is C18H13N5O3. The smallest absolute Gasteiger partial charge is 0.322 e. The van der Waals surface area contributed by atoms with Crippen molar-refractivity contribution < 1.29 is 9.32 Å². The number of nitrogens with one attached hydrogen (secondary N) is 3. The van der Waals surface area contributed by atoms with Crippen LogP contribution < -0.4 is 11.1 Å². The number of anilines is 1. The number of rotatable bonds is 4. The SMILES string of the molecule is O=C(Nc1cccc(-c2noc(=O)[nH]2)c1)c1ccc(-c2cn[nH]c2)cc1. The maximum atomic E-state index is 12.4. The maximum Gasteiger partial charge on any atom is 0.439 e. The summed E-state index contributed by atoms with van der Waals surface area (Å²) in [7, 11) is 0. The van der Waals surface area contributed by atoms with Crippen LogP contribution in [0.1, 0.15) is 10.4 Å². The summed E-state index contributed by atoms with van der Waals surface area (Å²) < 4.78 is 4.50. The zero-order valence-electron chi connectivity index (χ0n) is 13.4. The monoisotopic (exact) mass is 347 g/mol. The van der Waals surface area contributed by atoms with Gasteiger partial charge in [0.05, 0.1) is 6.20 Å². The minimum Gasteiger partial charge on any atom is -0.322 e. The summed E-state index contributed by atoms with van der Waals surface area (Å²) in [6, 6.07) is 14.2. The molecular weight excluding hydrogens is 334 g/mol. The third-order valence-corrected chi connectivity index (χ3v) is 3.81. The number of amides is 1. The number of hydrogen-bond acceptors (Lipinski definition) is 5. The number of H-pyrrole nitrogens is 2. The molecule has 0 radical (unpaired) electrons. The van der Waals surface area contributed by atoms with E-state index in [1.54, 1.807) is 48.8 Å². The lowest BCUT2D eigenvalue weighted by Crippen LogP contribution is -2.11. The van der Waals surface area contributed by atoms with Gasteiger partial charge in [0.2, 0.25) is 0 Å². The molecule has 0 unspecified atom stereocenters. The average Bonchev–Trinajstić information content (AvgIpc) is 3.34. The first-order valence-electron chi connectivity index (χ1n) is 7.76. The first kappa shape index (κ1) is 15.6. The predicted molar refractivity (Wildman–Crippen MR) is 94.5 cm³/mol. The van der Waals surface area contributed by atoms with Crippen molar-refractivity contribution in [3.8, 4) is 22.5 Å². The molecule has 4 aromatic rings. The van der Waals surface area contributed by atoms with Crippen molar-refractivity contribution in [3.05, 3.63) is 77.0 Å². The second-order valence-electron chi connectivity index (χ2n) is 5.54. The second kappa shape index (κ2) is 6.52. The highest BCUT2D eigenvalue weighted by Crippen LogP contribution is 2.21. The van der Waals surface area contributed by atoms with E-state index < -0.39 is 5.76 Å². The highest BCUT2D eigenvalue weighted by atomic mass is 16.5. The van der Waals surface area contributed by atoms with Crippen LogP contribution in [-0.4, -0.2) is 26.2 Å². The molecule has 3 N–H and O–H groups in total. The standard InChI is InChI=1S/C18H13N5O3/c24-17(12-6-4-11(5-7-12)14-9-19-20-10-14)21-15-3-1-2-13(8-15)16-22-18(25)26-23-16/h1-10H,(H,19,20)(H,21,24)(H,22,23,25). The lowest BCUT2D eigenvalue weighted by Gasteiger charge is -2.07. The van der Waals surface area contributed by atoms with Gasteiger partial charge in [-0.15, -0.1) is 0 Å². The number of carbonyl (C=O) groups excluding carboxylic acids is 1. The van der Waals surface area contributed by atoms with Gasteiger partial charge in [-0.1, -0.05) is 29.4 Å². The Balaban J connectivity index is 1.52. The van der Waals surface area contributed by atoms with Crippen LogP contribution in [0.25, 0.3) is 22.5 Å². The van der Waals surface area contributed by atoms with E-state index in [9.17, 15) is 9.59 Å². The number of aromatic amines is 2. The molecule has 0 spiro atoms. The minimum atomic E-state index is -0.632. The Labute approximate surface area is 146 Å². The minimum absolute atomic E-state index is 0.241. The molecule has 8 nitrogen and oxygen atoms in total. The van der Waals surface area contributed by atoms with E-state index in [4.69, 9.17) is 0 Å². The highest BCUT2D eigenvalue weighted by Gasteiger charge is 2.09. The Morgan fingerprint density at radius 2 is 1.88 bits per heavy atom. The van der Waals surface area contributed by atoms with Crippen molar-refractivity contribution in [2.24, 2.45) is 0 Å². The van der Waals surface area contributed by atoms with E-state index >= 15 is 0 Å². The number of hydrogen-bond donors (Lipinski definition) is 3. The Morgan fingerprint density at radius 3 is 2.58 bits per heavy atom. The van der Waals surface area contributed by atoms with Gasteiger partial charge in [0.15, 0.2) is 5.82 Å². The molecule has 0 bridgehead atoms. The average molecular weight is 347 g/mol. The summed E-state index contributed by atoms with van der Waals surface area (Å²) in [5, 5.41) is 13.1. The lowest BCUT2D eigenvalue weighted by atomic mass is 10.1. The predicted octanol–water partition coefficient (Wildman–Crippen LogP) is 2.67. The molecule has 8 heteroatoms. The van der Waals surface area contributed by atoms with Crippen LogP contribution in [0.2, 0.25) is 0 Å². The van der Waals surface area contributed by atoms with E-state index in [0.717, 1.165) is 11.1 Å². The fourth-order valence-electron chi connectivity index (χ4n) is 2.52. The summed E-state index contributed by atoms with van der Waals surface area (Å²) >= 11 is 0. The van der Waals surface area contributed by atoms with Crippen molar-refractivity contribution in [2.45, 2.75) is 0 Å². The fourth-order valence-corrected chi connectivity index (χ4v) is 2.52. The molecule has 4 rings (SSSR count). The van der Waals surface area contributed by atoms with E-state index in [1.807, 2.05) is 12.1 Å². The molecule has 0 aliphatic carbocycles. The van der Waals surface area contributed by atoms with E-state index in [1.165, 1.54) is 0 Å². The third kappa shape index (κ3) is 3.16. The van der Waals surface area contributed by atoms with Crippen LogP contribution in [0.15, 0.2) is 70.2 Å². The number of benzene rings is 2. The normalized spacial score (nSPS) is 10.6. The van der Waals surface area contributed by atoms with Gasteiger partial charge >= 0.3 is 5.76 Å². The van der Waals surface area contributed by atoms with Crippen LogP contribution in [-0.2, 0) is 0 Å². The lowest BCUT2D eigenvalue weighted by molar-refractivity contribution is 0.102. The van der Waals surface area contributed by atoms with Crippen molar-refractivity contribution in [1.82, 2.24) is 20.3 Å². The largest absolute Gasteiger partial charge is 0.439 e. The quantitative estimate of drug-likeness (QED) is 0.525. The van der Waals surface area contributed by atoms with E-state index in [2.05, 4.69) is 30.2 Å². The molecule has 2 aromatic heterocycles. The van der Waals surface area contributed by atoms with E-state index in [-0.39, 0.29) is 5.91 Å². The van der Waals surface area contributed by atoms with Gasteiger partial charge in [0.25, 0.3) is 5.91 Å². The molecule has 0 saturated heterocycles. The summed E-state index contributed by atoms with van der Waals surface area (Å²) in [5.74, 6) is -0.572. The summed E-state index contributed by atoms with van der Waals surface area (Å²) in [4.78, 5) is 26.0. The molecule has 2 heterocycles. The summed E-state index contributed by atoms with van der Waals surface area (Å²) in [6.07, 6.45) is 3.50. The molecule has 0 fully saturated rings. The molecule has 2 aromatic carbocycles. The van der Waals surface area contributed by atoms with Gasteiger partial charge in [0, 0.05) is 28.6 Å². The van der Waals surface area contributed by atoms with Crippen LogP contribution >= 0.6 is 0 Å². The molecule has 0 aliphatic rings. The molecule has 0 aliphatic heterocycles.